The summed E-state index contributed by atoms with van der Waals surface area (Å²) < 4.78 is 0.743. The number of nitrogens with one attached hydrogen (secondary N) is 1. The van der Waals surface area contributed by atoms with Crippen LogP contribution in [0.3, 0.4) is 0 Å². The maximum atomic E-state index is 12.0. The molecule has 0 saturated heterocycles. The Kier molecular flexibility index (Phi) is 3.20. The lowest BCUT2D eigenvalue weighted by atomic mass is 10.1. The van der Waals surface area contributed by atoms with Crippen molar-refractivity contribution in [2.24, 2.45) is 0 Å². The molecule has 0 unspecified atom stereocenters. The van der Waals surface area contributed by atoms with E-state index >= 15 is 0 Å². The molecule has 1 N–H and O–H groups in total. The molecular formula is C15H15IN2O. The Hall–Kier alpha value is -1.17. The molecule has 1 aromatic carbocycles. The first-order valence-corrected chi connectivity index (χ1v) is 7.51. The summed E-state index contributed by atoms with van der Waals surface area (Å²) in [5, 5.41) is 0. The second kappa shape index (κ2) is 4.74. The maximum absolute atomic E-state index is 12.0. The molecule has 98 valence electrons. The molecule has 1 saturated carbocycles. The predicted molar refractivity (Wildman–Crippen MR) is 84.5 cm³/mol. The molecule has 0 atom stereocenters. The Labute approximate surface area is 125 Å². The van der Waals surface area contributed by atoms with Crippen molar-refractivity contribution < 1.29 is 0 Å². The number of aromatic nitrogens is 2. The zero-order chi connectivity index (χ0) is 13.6. The van der Waals surface area contributed by atoms with Gasteiger partial charge in [0.15, 0.2) is 0 Å². The molecule has 0 aliphatic heterocycles. The molecule has 3 nitrogen and oxygen atoms in total. The normalized spacial score (nSPS) is 14.7. The average Bonchev–Trinajstić information content (AvgIpc) is 3.20. The van der Waals surface area contributed by atoms with Crippen molar-refractivity contribution in [3.8, 4) is 11.4 Å². The minimum atomic E-state index is -0.0225. The molecule has 19 heavy (non-hydrogen) atoms. The van der Waals surface area contributed by atoms with Crippen molar-refractivity contribution >= 4 is 22.6 Å². The summed E-state index contributed by atoms with van der Waals surface area (Å²) in [5.74, 6) is 1.18. The van der Waals surface area contributed by atoms with Gasteiger partial charge in [-0.25, -0.2) is 4.98 Å². The molecule has 0 bridgehead atoms. The summed E-state index contributed by atoms with van der Waals surface area (Å²) in [5.41, 5.74) is 4.40. The van der Waals surface area contributed by atoms with E-state index in [1.165, 1.54) is 11.1 Å². The highest BCUT2D eigenvalue weighted by molar-refractivity contribution is 14.1. The van der Waals surface area contributed by atoms with Crippen LogP contribution in [0.4, 0.5) is 0 Å². The molecule has 1 aromatic heterocycles. The minimum absolute atomic E-state index is 0.0225. The fourth-order valence-electron chi connectivity index (χ4n) is 2.13. The third-order valence-electron chi connectivity index (χ3n) is 3.63. The van der Waals surface area contributed by atoms with Crippen LogP contribution < -0.4 is 5.56 Å². The van der Waals surface area contributed by atoms with Crippen LogP contribution in [0, 0.1) is 17.4 Å². The summed E-state index contributed by atoms with van der Waals surface area (Å²) in [6, 6.07) is 6.17. The second-order valence-corrected chi connectivity index (χ2v) is 6.27. The Morgan fingerprint density at radius 1 is 1.26 bits per heavy atom. The molecule has 0 amide bonds. The van der Waals surface area contributed by atoms with Gasteiger partial charge in [-0.3, -0.25) is 4.79 Å². The van der Waals surface area contributed by atoms with E-state index in [-0.39, 0.29) is 5.56 Å². The van der Waals surface area contributed by atoms with Gasteiger partial charge >= 0.3 is 0 Å². The van der Waals surface area contributed by atoms with Gasteiger partial charge in [0.2, 0.25) is 0 Å². The van der Waals surface area contributed by atoms with Gasteiger partial charge in [-0.15, -0.1) is 0 Å². The molecule has 0 spiro atoms. The zero-order valence-corrected chi connectivity index (χ0v) is 13.1. The van der Waals surface area contributed by atoms with E-state index in [0.717, 1.165) is 27.7 Å². The van der Waals surface area contributed by atoms with Crippen molar-refractivity contribution in [1.29, 1.82) is 0 Å². The van der Waals surface area contributed by atoms with Crippen LogP contribution >= 0.6 is 22.6 Å². The lowest BCUT2D eigenvalue weighted by molar-refractivity contribution is 0.958. The first kappa shape index (κ1) is 12.8. The van der Waals surface area contributed by atoms with Gasteiger partial charge in [0.1, 0.15) is 5.82 Å². The van der Waals surface area contributed by atoms with Gasteiger partial charge < -0.3 is 4.98 Å². The van der Waals surface area contributed by atoms with E-state index in [1.54, 1.807) is 0 Å². The van der Waals surface area contributed by atoms with Crippen LogP contribution in [0.1, 0.15) is 35.6 Å². The number of H-pyrrole nitrogens is 1. The largest absolute Gasteiger partial charge is 0.306 e. The van der Waals surface area contributed by atoms with E-state index in [9.17, 15) is 4.79 Å². The Morgan fingerprint density at radius 3 is 2.63 bits per heavy atom. The monoisotopic (exact) mass is 366 g/mol. The summed E-state index contributed by atoms with van der Waals surface area (Å²) >= 11 is 2.10. The fraction of sp³-hybridized carbons (Fsp3) is 0.333. The third kappa shape index (κ3) is 2.45. The molecule has 1 heterocycles. The number of benzene rings is 1. The van der Waals surface area contributed by atoms with Gasteiger partial charge in [0.05, 0.1) is 9.26 Å². The van der Waals surface area contributed by atoms with Gasteiger partial charge in [-0.2, -0.15) is 0 Å². The maximum Gasteiger partial charge on any atom is 0.264 e. The second-order valence-electron chi connectivity index (χ2n) is 5.19. The number of halogens is 1. The lowest BCUT2D eigenvalue weighted by Gasteiger charge is -2.08. The summed E-state index contributed by atoms with van der Waals surface area (Å²) in [7, 11) is 0. The molecular weight excluding hydrogens is 351 g/mol. The number of hydrogen-bond donors (Lipinski definition) is 1. The molecule has 0 radical (unpaired) electrons. The van der Waals surface area contributed by atoms with E-state index < -0.39 is 0 Å². The number of rotatable bonds is 2. The van der Waals surface area contributed by atoms with Crippen molar-refractivity contribution in [1.82, 2.24) is 9.97 Å². The van der Waals surface area contributed by atoms with E-state index in [1.807, 2.05) is 6.07 Å². The first-order valence-electron chi connectivity index (χ1n) is 6.43. The molecule has 3 rings (SSSR count). The molecule has 1 aliphatic rings. The molecule has 1 aliphatic carbocycles. The van der Waals surface area contributed by atoms with E-state index in [2.05, 4.69) is 58.5 Å². The van der Waals surface area contributed by atoms with Crippen LogP contribution in [-0.2, 0) is 0 Å². The van der Waals surface area contributed by atoms with Crippen LogP contribution in [-0.4, -0.2) is 9.97 Å². The average molecular weight is 366 g/mol. The van der Waals surface area contributed by atoms with Gasteiger partial charge in [-0.05, 0) is 66.5 Å². The summed E-state index contributed by atoms with van der Waals surface area (Å²) in [6.45, 7) is 4.16. The Balaban J connectivity index is 2.14. The van der Waals surface area contributed by atoms with Crippen LogP contribution in [0.25, 0.3) is 11.4 Å². The standard InChI is InChI=1S/C15H15IN2O/c1-8-3-4-11(7-9(8)2)14-17-13(10-5-6-10)12(16)15(19)18-14/h3-4,7,10H,5-6H2,1-2H3,(H,17,18,19). The first-order chi connectivity index (χ1) is 9.06. The topological polar surface area (TPSA) is 45.8 Å². The smallest absolute Gasteiger partial charge is 0.264 e. The number of nitrogens with zero attached hydrogens (tertiary/aromatic N) is 1. The van der Waals surface area contributed by atoms with Crippen LogP contribution in [0.5, 0.6) is 0 Å². The van der Waals surface area contributed by atoms with Gasteiger partial charge in [-0.1, -0.05) is 12.1 Å². The number of aromatic amines is 1. The summed E-state index contributed by atoms with van der Waals surface area (Å²) in [6.07, 6.45) is 2.30. The SMILES string of the molecule is Cc1ccc(-c2nc(C3CC3)c(I)c(=O)[nH]2)cc1C. The van der Waals surface area contributed by atoms with Crippen LogP contribution in [0.2, 0.25) is 0 Å². The highest BCUT2D eigenvalue weighted by atomic mass is 127. The minimum Gasteiger partial charge on any atom is -0.306 e. The third-order valence-corrected chi connectivity index (χ3v) is 4.68. The quantitative estimate of drug-likeness (QED) is 0.827. The highest BCUT2D eigenvalue weighted by Gasteiger charge is 2.29. The van der Waals surface area contributed by atoms with E-state index in [0.29, 0.717) is 11.7 Å². The fourth-order valence-corrected chi connectivity index (χ4v) is 2.82. The highest BCUT2D eigenvalue weighted by Crippen LogP contribution is 2.40. The molecule has 2 aromatic rings. The van der Waals surface area contributed by atoms with Crippen molar-refractivity contribution in [3.63, 3.8) is 0 Å². The predicted octanol–water partition coefficient (Wildman–Crippen LogP) is 3.54. The van der Waals surface area contributed by atoms with Crippen molar-refractivity contribution in [2.45, 2.75) is 32.6 Å². The van der Waals surface area contributed by atoms with Crippen molar-refractivity contribution in [3.05, 3.63) is 48.9 Å². The van der Waals surface area contributed by atoms with Gasteiger partial charge in [0, 0.05) is 11.5 Å². The molecule has 4 heteroatoms. The summed E-state index contributed by atoms with van der Waals surface area (Å²) in [4.78, 5) is 19.6. The Morgan fingerprint density at radius 2 is 2.00 bits per heavy atom. The van der Waals surface area contributed by atoms with Crippen LogP contribution in [0.15, 0.2) is 23.0 Å². The number of aryl methyl sites for hydroxylation is 2. The van der Waals surface area contributed by atoms with Gasteiger partial charge in [0.25, 0.3) is 5.56 Å². The number of hydrogen-bond acceptors (Lipinski definition) is 2. The van der Waals surface area contributed by atoms with E-state index in [4.69, 9.17) is 0 Å². The van der Waals surface area contributed by atoms with Crippen molar-refractivity contribution in [2.75, 3.05) is 0 Å². The Bertz CT molecular complexity index is 702. The zero-order valence-electron chi connectivity index (χ0n) is 11.0. The lowest BCUT2D eigenvalue weighted by Crippen LogP contribution is -2.16. The molecule has 1 fully saturated rings.